The molecule has 0 amide bonds. The predicted octanol–water partition coefficient (Wildman–Crippen LogP) is 6.31. The molecule has 2 aromatic heterocycles. The number of benzene rings is 2. The monoisotopic (exact) mass is 392 g/mol. The van der Waals surface area contributed by atoms with Gasteiger partial charge in [0.15, 0.2) is 0 Å². The minimum absolute atomic E-state index is 0.750. The van der Waals surface area contributed by atoms with Gasteiger partial charge >= 0.3 is 0 Å². The molecule has 2 aromatic carbocycles. The van der Waals surface area contributed by atoms with Gasteiger partial charge in [-0.05, 0) is 42.4 Å². The Kier molecular flexibility index (Phi) is 6.02. The lowest BCUT2D eigenvalue weighted by atomic mass is 10.2. The van der Waals surface area contributed by atoms with Crippen LogP contribution in [0, 0.1) is 0 Å². The van der Waals surface area contributed by atoms with Gasteiger partial charge in [0, 0.05) is 10.3 Å². The van der Waals surface area contributed by atoms with Crippen molar-refractivity contribution in [3.63, 3.8) is 0 Å². The van der Waals surface area contributed by atoms with Crippen molar-refractivity contribution in [3.05, 3.63) is 73.1 Å². The lowest BCUT2D eigenvalue weighted by molar-refractivity contribution is 0.310. The maximum Gasteiger partial charge on any atom is 0.128 e. The molecule has 0 N–H and O–H groups in total. The van der Waals surface area contributed by atoms with Crippen molar-refractivity contribution in [2.24, 2.45) is 0 Å². The molecule has 0 unspecified atom stereocenters. The van der Waals surface area contributed by atoms with E-state index in [9.17, 15) is 0 Å². The molecule has 0 aliphatic heterocycles. The molecule has 2 heterocycles. The number of hydrogen-bond donors (Lipinski definition) is 0. The summed E-state index contributed by atoms with van der Waals surface area (Å²) in [6, 6.07) is 22.6. The summed E-state index contributed by atoms with van der Waals surface area (Å²) in [4.78, 5) is 11.3. The topological polar surface area (TPSA) is 35.0 Å². The molecule has 0 spiro atoms. The van der Waals surface area contributed by atoms with Crippen LogP contribution in [0.1, 0.15) is 12.8 Å². The van der Waals surface area contributed by atoms with Crippen LogP contribution in [-0.4, -0.2) is 22.3 Å². The van der Waals surface area contributed by atoms with Gasteiger partial charge < -0.3 is 4.74 Å². The van der Waals surface area contributed by atoms with Crippen molar-refractivity contribution in [3.8, 4) is 16.2 Å². The molecule has 4 aromatic rings. The van der Waals surface area contributed by atoms with Crippen molar-refractivity contribution < 1.29 is 4.74 Å². The molecule has 4 rings (SSSR count). The van der Waals surface area contributed by atoms with Gasteiger partial charge in [-0.3, -0.25) is 0 Å². The Balaban J connectivity index is 1.33. The zero-order valence-electron chi connectivity index (χ0n) is 14.9. The molecule has 0 atom stereocenters. The lowest BCUT2D eigenvalue weighted by Gasteiger charge is -2.05. The number of thiophene rings is 1. The molecular weight excluding hydrogens is 372 g/mol. The standard InChI is InChI=1S/C22H20N2OS2/c1-3-9-17(10-4-1)20-15-19-21(23-16-24-22(19)27-20)26-14-8-7-13-25-18-11-5-2-6-12-18/h1-6,9-12,15-16H,7-8,13-14H2. The first-order chi connectivity index (χ1) is 13.4. The van der Waals surface area contributed by atoms with E-state index in [1.165, 1.54) is 10.4 Å². The number of ether oxygens (including phenoxy) is 1. The molecule has 0 bridgehead atoms. The first-order valence-electron chi connectivity index (χ1n) is 9.01. The Morgan fingerprint density at radius 2 is 1.67 bits per heavy atom. The summed E-state index contributed by atoms with van der Waals surface area (Å²) in [5, 5.41) is 2.23. The number of rotatable bonds is 8. The zero-order chi connectivity index (χ0) is 18.3. The first kappa shape index (κ1) is 18.0. The molecule has 5 heteroatoms. The maximum absolute atomic E-state index is 5.75. The second kappa shape index (κ2) is 9.02. The summed E-state index contributed by atoms with van der Waals surface area (Å²) in [5.74, 6) is 1.97. The summed E-state index contributed by atoms with van der Waals surface area (Å²) < 4.78 is 5.75. The molecule has 0 fully saturated rings. The summed E-state index contributed by atoms with van der Waals surface area (Å²) in [6.07, 6.45) is 3.81. The largest absolute Gasteiger partial charge is 0.494 e. The van der Waals surface area contributed by atoms with Gasteiger partial charge in [0.1, 0.15) is 21.9 Å². The van der Waals surface area contributed by atoms with Crippen molar-refractivity contribution in [1.82, 2.24) is 9.97 Å². The summed E-state index contributed by atoms with van der Waals surface area (Å²) in [7, 11) is 0. The Bertz CT molecular complexity index is 987. The number of nitrogens with zero attached hydrogens (tertiary/aromatic N) is 2. The summed E-state index contributed by atoms with van der Waals surface area (Å²) >= 11 is 3.53. The smallest absolute Gasteiger partial charge is 0.128 e. The van der Waals surface area contributed by atoms with E-state index in [0.29, 0.717) is 0 Å². The summed E-state index contributed by atoms with van der Waals surface area (Å²) in [5.41, 5.74) is 1.23. The first-order valence-corrected chi connectivity index (χ1v) is 10.8. The molecule has 3 nitrogen and oxygen atoms in total. The maximum atomic E-state index is 5.75. The van der Waals surface area contributed by atoms with Gasteiger partial charge in [-0.25, -0.2) is 9.97 Å². The minimum Gasteiger partial charge on any atom is -0.494 e. The van der Waals surface area contributed by atoms with Gasteiger partial charge in [-0.2, -0.15) is 0 Å². The van der Waals surface area contributed by atoms with E-state index in [0.717, 1.165) is 46.2 Å². The van der Waals surface area contributed by atoms with Gasteiger partial charge in [-0.15, -0.1) is 23.1 Å². The number of unbranched alkanes of at least 4 members (excludes halogenated alkanes) is 1. The van der Waals surface area contributed by atoms with E-state index >= 15 is 0 Å². The van der Waals surface area contributed by atoms with Gasteiger partial charge in [-0.1, -0.05) is 48.5 Å². The van der Waals surface area contributed by atoms with E-state index in [1.807, 2.05) is 36.4 Å². The lowest BCUT2D eigenvalue weighted by Crippen LogP contribution is -1.97. The van der Waals surface area contributed by atoms with Crippen molar-refractivity contribution in [2.75, 3.05) is 12.4 Å². The fraction of sp³-hybridized carbons (Fsp3) is 0.182. The second-order valence-electron chi connectivity index (χ2n) is 6.09. The second-order valence-corrected chi connectivity index (χ2v) is 8.21. The number of hydrogen-bond acceptors (Lipinski definition) is 5. The quantitative estimate of drug-likeness (QED) is 0.200. The SMILES string of the molecule is c1ccc(OCCCCSc2ncnc3sc(-c4ccccc4)cc23)cc1. The number of aromatic nitrogens is 2. The molecule has 0 aliphatic rings. The Morgan fingerprint density at radius 3 is 2.48 bits per heavy atom. The Labute approximate surface area is 167 Å². The number of para-hydroxylation sites is 1. The van der Waals surface area contributed by atoms with Gasteiger partial charge in [0.2, 0.25) is 0 Å². The van der Waals surface area contributed by atoms with Crippen molar-refractivity contribution in [1.29, 1.82) is 0 Å². The summed E-state index contributed by atoms with van der Waals surface area (Å²) in [6.45, 7) is 0.750. The normalized spacial score (nSPS) is 11.0. The molecule has 0 saturated heterocycles. The third-order valence-electron chi connectivity index (χ3n) is 4.14. The van der Waals surface area contributed by atoms with Gasteiger partial charge in [0.05, 0.1) is 6.61 Å². The molecular formula is C22H20N2OS2. The van der Waals surface area contributed by atoms with Crippen molar-refractivity contribution >= 4 is 33.3 Å². The third kappa shape index (κ3) is 4.67. The Hall–Kier alpha value is -2.37. The van der Waals surface area contributed by atoms with Crippen LogP contribution in [0.2, 0.25) is 0 Å². The molecule has 136 valence electrons. The Morgan fingerprint density at radius 1 is 0.889 bits per heavy atom. The van der Waals surface area contributed by atoms with Gasteiger partial charge in [0.25, 0.3) is 0 Å². The molecule has 0 saturated carbocycles. The average Bonchev–Trinajstić information content (AvgIpc) is 3.17. The van der Waals surface area contributed by atoms with Crippen LogP contribution < -0.4 is 4.74 Å². The fourth-order valence-corrected chi connectivity index (χ4v) is 4.82. The highest BCUT2D eigenvalue weighted by Crippen LogP contribution is 2.36. The third-order valence-corrected chi connectivity index (χ3v) is 6.32. The van der Waals surface area contributed by atoms with E-state index < -0.39 is 0 Å². The van der Waals surface area contributed by atoms with Crippen LogP contribution in [-0.2, 0) is 0 Å². The fourth-order valence-electron chi connectivity index (χ4n) is 2.77. The average molecular weight is 393 g/mol. The van der Waals surface area contributed by atoms with Crippen LogP contribution in [0.3, 0.4) is 0 Å². The predicted molar refractivity (Wildman–Crippen MR) is 115 cm³/mol. The van der Waals surface area contributed by atoms with Crippen molar-refractivity contribution in [2.45, 2.75) is 17.9 Å². The van der Waals surface area contributed by atoms with E-state index in [2.05, 4.69) is 40.3 Å². The zero-order valence-corrected chi connectivity index (χ0v) is 16.5. The minimum atomic E-state index is 0.750. The van der Waals surface area contributed by atoms with Crippen LogP contribution in [0.4, 0.5) is 0 Å². The highest BCUT2D eigenvalue weighted by molar-refractivity contribution is 7.99. The highest BCUT2D eigenvalue weighted by atomic mass is 32.2. The molecule has 27 heavy (non-hydrogen) atoms. The van der Waals surface area contributed by atoms with Crippen LogP contribution in [0.25, 0.3) is 20.7 Å². The molecule has 0 aliphatic carbocycles. The van der Waals surface area contributed by atoms with E-state index in [4.69, 9.17) is 4.74 Å². The van der Waals surface area contributed by atoms with Crippen LogP contribution >= 0.6 is 23.1 Å². The number of thioether (sulfide) groups is 1. The van der Waals surface area contributed by atoms with Crippen LogP contribution in [0.5, 0.6) is 5.75 Å². The highest BCUT2D eigenvalue weighted by Gasteiger charge is 2.10. The number of fused-ring (bicyclic) bond motifs is 1. The molecule has 0 radical (unpaired) electrons. The van der Waals surface area contributed by atoms with E-state index in [-0.39, 0.29) is 0 Å². The van der Waals surface area contributed by atoms with Crippen LogP contribution in [0.15, 0.2) is 78.1 Å². The van der Waals surface area contributed by atoms with E-state index in [1.54, 1.807) is 29.4 Å².